The highest BCUT2D eigenvalue weighted by Crippen LogP contribution is 2.49. The number of carbonyl (C=O) groups is 3. The molecule has 4 aliphatic rings. The lowest BCUT2D eigenvalue weighted by molar-refractivity contribution is -0.150. The fourth-order valence-corrected chi connectivity index (χ4v) is 7.56. The van der Waals surface area contributed by atoms with E-state index in [1.165, 1.54) is 19.2 Å². The van der Waals surface area contributed by atoms with Crippen molar-refractivity contribution in [3.8, 4) is 17.6 Å². The minimum Gasteiger partial charge on any atom is -0.496 e. The quantitative estimate of drug-likeness (QED) is 0.321. The molecule has 0 aromatic heterocycles. The number of fused-ring (bicyclic) bond motifs is 2. The highest BCUT2D eigenvalue weighted by atomic mass is 19.3. The number of amides is 2. The Balaban J connectivity index is 1.28. The fraction of sp³-hybridized carbons (Fsp3) is 0.688. The number of methoxy groups -OCH3 is 1. The summed E-state index contributed by atoms with van der Waals surface area (Å²) in [5, 5.41) is 35.9. The van der Waals surface area contributed by atoms with Gasteiger partial charge in [-0.1, -0.05) is 0 Å². The Morgan fingerprint density at radius 1 is 1.02 bits per heavy atom. The van der Waals surface area contributed by atoms with Crippen LogP contribution in [0.4, 0.5) is 8.78 Å². The molecule has 4 saturated carbocycles. The molecule has 4 N–H and O–H groups in total. The summed E-state index contributed by atoms with van der Waals surface area (Å²) in [4.78, 5) is 38.7. The van der Waals surface area contributed by atoms with Crippen molar-refractivity contribution in [1.82, 2.24) is 10.6 Å². The summed E-state index contributed by atoms with van der Waals surface area (Å²) in [5.74, 6) is -4.45. The van der Waals surface area contributed by atoms with Gasteiger partial charge in [0.2, 0.25) is 11.8 Å². The molecule has 240 valence electrons. The van der Waals surface area contributed by atoms with Gasteiger partial charge in [-0.25, -0.2) is 8.78 Å². The number of alkyl halides is 2. The molecule has 0 aliphatic heterocycles. The number of rotatable bonds is 9. The molecule has 12 heteroatoms. The maximum Gasteiger partial charge on any atom is 0.309 e. The zero-order valence-corrected chi connectivity index (χ0v) is 25.2. The van der Waals surface area contributed by atoms with Gasteiger partial charge in [0.05, 0.1) is 41.3 Å². The first-order valence-corrected chi connectivity index (χ1v) is 15.5. The van der Waals surface area contributed by atoms with Crippen molar-refractivity contribution in [3.05, 3.63) is 23.3 Å². The Morgan fingerprint density at radius 2 is 1.68 bits per heavy atom. The Hall–Kier alpha value is -3.46. The lowest BCUT2D eigenvalue weighted by Gasteiger charge is -2.37. The molecule has 0 heterocycles. The number of carboxylic acid groups (broad SMARTS) is 1. The average Bonchev–Trinajstić information content (AvgIpc) is 3.61. The maximum absolute atomic E-state index is 13.7. The number of aliphatic carboxylic acids is 1. The minimum absolute atomic E-state index is 0.0557. The Morgan fingerprint density at radius 3 is 2.30 bits per heavy atom. The zero-order valence-electron chi connectivity index (χ0n) is 25.2. The van der Waals surface area contributed by atoms with Crippen LogP contribution in [-0.2, 0) is 9.59 Å². The lowest BCUT2D eigenvalue weighted by atomic mass is 9.75. The average molecular weight is 618 g/mol. The van der Waals surface area contributed by atoms with E-state index in [4.69, 9.17) is 9.47 Å². The number of nitriles is 1. The van der Waals surface area contributed by atoms with Crippen LogP contribution in [0.2, 0.25) is 0 Å². The molecular weight excluding hydrogens is 576 g/mol. The van der Waals surface area contributed by atoms with Gasteiger partial charge in [-0.3, -0.25) is 14.4 Å². The van der Waals surface area contributed by atoms with Crippen LogP contribution in [0.5, 0.6) is 11.5 Å². The van der Waals surface area contributed by atoms with E-state index >= 15 is 0 Å². The van der Waals surface area contributed by atoms with Gasteiger partial charge >= 0.3 is 5.97 Å². The van der Waals surface area contributed by atoms with Gasteiger partial charge < -0.3 is 30.3 Å². The van der Waals surface area contributed by atoms with Crippen LogP contribution in [0, 0.1) is 34.5 Å². The molecule has 10 nitrogen and oxygen atoms in total. The predicted molar refractivity (Wildman–Crippen MR) is 153 cm³/mol. The van der Waals surface area contributed by atoms with Crippen LogP contribution in [0.1, 0.15) is 93.5 Å². The van der Waals surface area contributed by atoms with Gasteiger partial charge in [0.15, 0.2) is 0 Å². The highest BCUT2D eigenvalue weighted by molar-refractivity contribution is 5.98. The van der Waals surface area contributed by atoms with Crippen molar-refractivity contribution in [2.24, 2.45) is 23.2 Å². The van der Waals surface area contributed by atoms with E-state index in [1.807, 2.05) is 0 Å². The summed E-state index contributed by atoms with van der Waals surface area (Å²) >= 11 is 0. The normalized spacial score (nSPS) is 31.9. The van der Waals surface area contributed by atoms with E-state index in [9.17, 15) is 38.6 Å². The Kier molecular flexibility index (Phi) is 8.82. The van der Waals surface area contributed by atoms with Crippen LogP contribution in [-0.4, -0.2) is 65.3 Å². The van der Waals surface area contributed by atoms with Crippen LogP contribution in [0.25, 0.3) is 0 Å². The molecule has 1 aromatic rings. The van der Waals surface area contributed by atoms with E-state index < -0.39 is 53.6 Å². The third-order valence-corrected chi connectivity index (χ3v) is 10.5. The maximum atomic E-state index is 13.7. The van der Waals surface area contributed by atoms with E-state index in [1.54, 1.807) is 6.92 Å². The monoisotopic (exact) mass is 617 g/mol. The second-order valence-corrected chi connectivity index (χ2v) is 13.5. The number of hydrogen-bond donors (Lipinski definition) is 4. The van der Waals surface area contributed by atoms with Gasteiger partial charge in [-0.2, -0.15) is 5.26 Å². The van der Waals surface area contributed by atoms with Crippen LogP contribution < -0.4 is 20.1 Å². The molecule has 0 saturated heterocycles. The van der Waals surface area contributed by atoms with Crippen LogP contribution >= 0.6 is 0 Å². The molecule has 2 amide bonds. The molecule has 4 fully saturated rings. The molecule has 2 bridgehead atoms. The van der Waals surface area contributed by atoms with Gasteiger partial charge in [0, 0.05) is 31.5 Å². The second kappa shape index (κ2) is 12.1. The van der Waals surface area contributed by atoms with Crippen molar-refractivity contribution in [3.63, 3.8) is 0 Å². The summed E-state index contributed by atoms with van der Waals surface area (Å²) in [6.07, 6.45) is 2.94. The molecule has 44 heavy (non-hydrogen) atoms. The SMILES string of the molecule is COc1cc(C#N)c(OC2CCC(C)(C(=O)O)CC2)cc1C(=O)N[C@@H]1[C@H]2CC[C@H](C2)[C@@H]1C(=O)NCC1(O)CCC(F)(F)CC1. The summed E-state index contributed by atoms with van der Waals surface area (Å²) < 4.78 is 38.8. The van der Waals surface area contributed by atoms with Crippen LogP contribution in [0.15, 0.2) is 12.1 Å². The predicted octanol–water partition coefficient (Wildman–Crippen LogP) is 4.18. The highest BCUT2D eigenvalue weighted by Gasteiger charge is 2.52. The Bertz CT molecular complexity index is 1330. The van der Waals surface area contributed by atoms with E-state index in [-0.39, 0.29) is 65.9 Å². The topological polar surface area (TPSA) is 158 Å². The number of nitrogens with zero attached hydrogens (tertiary/aromatic N) is 1. The number of nitrogens with one attached hydrogen (secondary N) is 2. The van der Waals surface area contributed by atoms with Gasteiger partial charge in [-0.05, 0) is 82.6 Å². The third kappa shape index (κ3) is 6.48. The standard InChI is InChI=1S/C32H41F2N3O7/c1-30(29(40)41)7-5-21(6-8-30)44-23-15-22(24(43-2)14-20(23)16-35)27(38)37-26-19-4-3-18(13-19)25(26)28(39)36-17-31(42)9-11-32(33,34)12-10-31/h14-15,18-19,21,25-26,42H,3-13,17H2,1-2H3,(H,36,39)(H,37,38)(H,40,41)/t18-,19+,21?,25+,26-,30?/m1/s1. The van der Waals surface area contributed by atoms with Gasteiger partial charge in [0.25, 0.3) is 5.91 Å². The van der Waals surface area contributed by atoms with Gasteiger partial charge in [0.1, 0.15) is 17.6 Å². The number of hydrogen-bond acceptors (Lipinski definition) is 7. The first kappa shape index (κ1) is 31.9. The number of carboxylic acids is 1. The lowest BCUT2D eigenvalue weighted by Crippen LogP contribution is -2.53. The molecule has 0 unspecified atom stereocenters. The third-order valence-electron chi connectivity index (χ3n) is 10.5. The number of carbonyl (C=O) groups excluding carboxylic acids is 2. The molecule has 4 aliphatic carbocycles. The number of ether oxygens (including phenoxy) is 2. The molecular formula is C32H41F2N3O7. The summed E-state index contributed by atoms with van der Waals surface area (Å²) in [6, 6.07) is 4.52. The largest absolute Gasteiger partial charge is 0.496 e. The van der Waals surface area contributed by atoms with Crippen molar-refractivity contribution >= 4 is 17.8 Å². The molecule has 4 atom stereocenters. The summed E-state index contributed by atoms with van der Waals surface area (Å²) in [5.41, 5.74) is -1.88. The smallest absolute Gasteiger partial charge is 0.309 e. The van der Waals surface area contributed by atoms with E-state index in [0.717, 1.165) is 19.3 Å². The number of halogens is 2. The molecule has 1 aromatic carbocycles. The van der Waals surface area contributed by atoms with Crippen molar-refractivity contribution in [1.29, 1.82) is 5.26 Å². The number of benzene rings is 1. The summed E-state index contributed by atoms with van der Waals surface area (Å²) in [7, 11) is 1.39. The minimum atomic E-state index is -2.80. The second-order valence-electron chi connectivity index (χ2n) is 13.5. The first-order chi connectivity index (χ1) is 20.8. The van der Waals surface area contributed by atoms with E-state index in [2.05, 4.69) is 16.7 Å². The van der Waals surface area contributed by atoms with Gasteiger partial charge in [-0.15, -0.1) is 0 Å². The molecule has 0 radical (unpaired) electrons. The molecule has 0 spiro atoms. The van der Waals surface area contributed by atoms with Crippen LogP contribution in [0.3, 0.4) is 0 Å². The summed E-state index contributed by atoms with van der Waals surface area (Å²) in [6.45, 7) is 1.59. The van der Waals surface area contributed by atoms with Crippen molar-refractivity contribution in [2.45, 2.75) is 101 Å². The Labute approximate surface area is 255 Å². The van der Waals surface area contributed by atoms with Crippen molar-refractivity contribution < 1.29 is 42.9 Å². The molecule has 5 rings (SSSR count). The fourth-order valence-electron chi connectivity index (χ4n) is 7.56. The van der Waals surface area contributed by atoms with E-state index in [0.29, 0.717) is 25.7 Å². The van der Waals surface area contributed by atoms with Crippen molar-refractivity contribution in [2.75, 3.05) is 13.7 Å². The number of aliphatic hydroxyl groups is 1. The zero-order chi connectivity index (χ0) is 31.9. The first-order valence-electron chi connectivity index (χ1n) is 15.5.